The quantitative estimate of drug-likeness (QED) is 0.666. The number of carbonyl (C=O) groups is 1. The first-order valence-corrected chi connectivity index (χ1v) is 12.6. The summed E-state index contributed by atoms with van der Waals surface area (Å²) in [4.78, 5) is 17.4. The Bertz CT molecular complexity index is 1040. The number of rotatable bonds is 4. The van der Waals surface area contributed by atoms with Gasteiger partial charge in [-0.25, -0.2) is 8.42 Å². The van der Waals surface area contributed by atoms with Gasteiger partial charge in [-0.1, -0.05) is 29.3 Å². The van der Waals surface area contributed by atoms with E-state index < -0.39 is 10.0 Å². The van der Waals surface area contributed by atoms with Crippen LogP contribution in [0.3, 0.4) is 0 Å². The summed E-state index contributed by atoms with van der Waals surface area (Å²) in [6, 6.07) is 13.9. The van der Waals surface area contributed by atoms with Crippen molar-refractivity contribution in [2.24, 2.45) is 5.92 Å². The monoisotopic (exact) mass is 481 g/mol. The number of sulfonamides is 1. The second-order valence-electron chi connectivity index (χ2n) is 7.95. The zero-order valence-electron chi connectivity index (χ0n) is 17.1. The summed E-state index contributed by atoms with van der Waals surface area (Å²) in [5.41, 5.74) is 1.05. The van der Waals surface area contributed by atoms with E-state index in [0.717, 1.165) is 18.8 Å². The minimum Gasteiger partial charge on any atom is -0.368 e. The topological polar surface area (TPSA) is 60.9 Å². The average Bonchev–Trinajstić information content (AvgIpc) is 2.79. The predicted octanol–water partition coefficient (Wildman–Crippen LogP) is 3.74. The van der Waals surface area contributed by atoms with Gasteiger partial charge in [0.1, 0.15) is 0 Å². The van der Waals surface area contributed by atoms with Crippen LogP contribution in [0.25, 0.3) is 0 Å². The zero-order valence-corrected chi connectivity index (χ0v) is 19.4. The van der Waals surface area contributed by atoms with Crippen molar-refractivity contribution in [1.82, 2.24) is 9.21 Å². The zero-order chi connectivity index (χ0) is 22.0. The number of hydrogen-bond donors (Lipinski definition) is 0. The third kappa shape index (κ3) is 5.00. The van der Waals surface area contributed by atoms with Crippen LogP contribution in [-0.2, 0) is 14.8 Å². The molecule has 6 nitrogen and oxygen atoms in total. The van der Waals surface area contributed by atoms with E-state index in [4.69, 9.17) is 23.2 Å². The van der Waals surface area contributed by atoms with Crippen LogP contribution in [0.15, 0.2) is 53.4 Å². The molecule has 31 heavy (non-hydrogen) atoms. The molecule has 2 fully saturated rings. The van der Waals surface area contributed by atoms with Crippen molar-refractivity contribution >= 4 is 44.8 Å². The van der Waals surface area contributed by atoms with Crippen LogP contribution in [0.1, 0.15) is 12.8 Å². The Labute approximate surface area is 193 Å². The third-order valence-corrected chi connectivity index (χ3v) is 8.32. The first kappa shape index (κ1) is 22.4. The second-order valence-corrected chi connectivity index (χ2v) is 10.8. The van der Waals surface area contributed by atoms with E-state index in [1.54, 1.807) is 12.1 Å². The van der Waals surface area contributed by atoms with Crippen LogP contribution in [0.5, 0.6) is 0 Å². The summed E-state index contributed by atoms with van der Waals surface area (Å²) in [5.74, 6) is -0.268. The molecule has 1 atom stereocenters. The second kappa shape index (κ2) is 9.36. The van der Waals surface area contributed by atoms with Crippen molar-refractivity contribution in [2.75, 3.05) is 44.2 Å². The number of carbonyl (C=O) groups excluding carboxylic acids is 1. The lowest BCUT2D eigenvalue weighted by Crippen LogP contribution is -2.53. The minimum atomic E-state index is -3.64. The minimum absolute atomic E-state index is 0.0433. The van der Waals surface area contributed by atoms with Gasteiger partial charge in [-0.15, -0.1) is 0 Å². The molecule has 0 spiro atoms. The lowest BCUT2D eigenvalue weighted by atomic mass is 9.97. The molecule has 0 bridgehead atoms. The number of halogens is 2. The Kier molecular flexibility index (Phi) is 6.77. The Morgan fingerprint density at radius 1 is 0.903 bits per heavy atom. The summed E-state index contributed by atoms with van der Waals surface area (Å²) in [7, 11) is -3.64. The van der Waals surface area contributed by atoms with Gasteiger partial charge in [0, 0.05) is 55.0 Å². The van der Waals surface area contributed by atoms with Crippen LogP contribution in [0.2, 0.25) is 10.0 Å². The molecule has 2 aromatic carbocycles. The number of piperazine rings is 1. The molecule has 166 valence electrons. The largest absolute Gasteiger partial charge is 0.368 e. The van der Waals surface area contributed by atoms with Crippen molar-refractivity contribution in [3.8, 4) is 0 Å². The van der Waals surface area contributed by atoms with E-state index in [1.165, 1.54) is 16.4 Å². The molecule has 4 rings (SSSR count). The molecule has 0 saturated carbocycles. The van der Waals surface area contributed by atoms with E-state index in [0.29, 0.717) is 42.5 Å². The van der Waals surface area contributed by atoms with Gasteiger partial charge in [0.05, 0.1) is 10.8 Å². The Balaban J connectivity index is 1.38. The lowest BCUT2D eigenvalue weighted by molar-refractivity contribution is -0.137. The van der Waals surface area contributed by atoms with Gasteiger partial charge in [0.25, 0.3) is 0 Å². The highest BCUT2D eigenvalue weighted by Crippen LogP contribution is 2.27. The fourth-order valence-corrected chi connectivity index (χ4v) is 6.07. The maximum atomic E-state index is 13.2. The molecule has 1 amide bonds. The van der Waals surface area contributed by atoms with Crippen LogP contribution < -0.4 is 4.90 Å². The molecule has 0 radical (unpaired) electrons. The number of amides is 1. The smallest absolute Gasteiger partial charge is 0.243 e. The highest BCUT2D eigenvalue weighted by Gasteiger charge is 2.35. The van der Waals surface area contributed by atoms with E-state index in [9.17, 15) is 13.2 Å². The molecule has 9 heteroatoms. The van der Waals surface area contributed by atoms with Crippen LogP contribution in [-0.4, -0.2) is 62.8 Å². The molecule has 2 aliphatic rings. The third-order valence-electron chi connectivity index (χ3n) is 5.95. The molecule has 0 aliphatic carbocycles. The fourth-order valence-electron chi connectivity index (χ4n) is 4.23. The lowest BCUT2D eigenvalue weighted by Gasteiger charge is -2.39. The molecule has 2 heterocycles. The maximum absolute atomic E-state index is 13.2. The first-order valence-electron chi connectivity index (χ1n) is 10.4. The molecule has 0 aromatic heterocycles. The molecule has 2 saturated heterocycles. The molecule has 2 aromatic rings. The van der Waals surface area contributed by atoms with Crippen molar-refractivity contribution in [1.29, 1.82) is 0 Å². The summed E-state index contributed by atoms with van der Waals surface area (Å²) < 4.78 is 27.5. The predicted molar refractivity (Wildman–Crippen MR) is 123 cm³/mol. The standard InChI is InChI=1S/C22H25Cl2N3O3S/c23-18-6-8-21(9-7-18)31(29,30)27-10-2-3-17(16-27)22(28)26-13-11-25(12-14-26)20-5-1-4-19(24)15-20/h1,4-9,15,17H,2-3,10-14,16H2/t17-/m0/s1. The highest BCUT2D eigenvalue weighted by molar-refractivity contribution is 7.89. The van der Waals surface area contributed by atoms with E-state index >= 15 is 0 Å². The van der Waals surface area contributed by atoms with Gasteiger partial charge < -0.3 is 9.80 Å². The van der Waals surface area contributed by atoms with Crippen molar-refractivity contribution in [3.63, 3.8) is 0 Å². The average molecular weight is 482 g/mol. The van der Waals surface area contributed by atoms with Crippen molar-refractivity contribution in [2.45, 2.75) is 17.7 Å². The van der Waals surface area contributed by atoms with Crippen molar-refractivity contribution in [3.05, 3.63) is 58.6 Å². The van der Waals surface area contributed by atoms with E-state index in [2.05, 4.69) is 4.90 Å². The van der Waals surface area contributed by atoms with Crippen LogP contribution >= 0.6 is 23.2 Å². The normalized spacial score (nSPS) is 20.6. The summed E-state index contributed by atoms with van der Waals surface area (Å²) >= 11 is 12.0. The molecule has 2 aliphatic heterocycles. The Hall–Kier alpha value is -1.80. The van der Waals surface area contributed by atoms with Gasteiger partial charge in [-0.3, -0.25) is 4.79 Å². The van der Waals surface area contributed by atoms with E-state index in [1.807, 2.05) is 29.2 Å². The van der Waals surface area contributed by atoms with Gasteiger partial charge >= 0.3 is 0 Å². The fraction of sp³-hybridized carbons (Fsp3) is 0.409. The molecular formula is C22H25Cl2N3O3S. The molecule has 0 unspecified atom stereocenters. The summed E-state index contributed by atoms with van der Waals surface area (Å²) in [5, 5.41) is 1.18. The van der Waals surface area contributed by atoms with Crippen LogP contribution in [0, 0.1) is 5.92 Å². The number of nitrogens with zero attached hydrogens (tertiary/aromatic N) is 3. The van der Waals surface area contributed by atoms with Gasteiger partial charge in [-0.2, -0.15) is 4.31 Å². The van der Waals surface area contributed by atoms with Gasteiger partial charge in [0.2, 0.25) is 15.9 Å². The van der Waals surface area contributed by atoms with Crippen molar-refractivity contribution < 1.29 is 13.2 Å². The van der Waals surface area contributed by atoms with Gasteiger partial charge in [0.15, 0.2) is 0 Å². The Morgan fingerprint density at radius 2 is 1.61 bits per heavy atom. The van der Waals surface area contributed by atoms with Gasteiger partial charge in [-0.05, 0) is 55.3 Å². The number of benzene rings is 2. The Morgan fingerprint density at radius 3 is 2.29 bits per heavy atom. The summed E-state index contributed by atoms with van der Waals surface area (Å²) in [6.45, 7) is 3.34. The first-order chi connectivity index (χ1) is 14.8. The maximum Gasteiger partial charge on any atom is 0.243 e. The number of anilines is 1. The number of piperidine rings is 1. The number of hydrogen-bond acceptors (Lipinski definition) is 4. The SMILES string of the molecule is O=C([C@H]1CCCN(S(=O)(=O)c2ccc(Cl)cc2)C1)N1CCN(c2cccc(Cl)c2)CC1. The molecular weight excluding hydrogens is 457 g/mol. The van der Waals surface area contributed by atoms with Crippen LogP contribution in [0.4, 0.5) is 5.69 Å². The molecule has 0 N–H and O–H groups in total. The highest BCUT2D eigenvalue weighted by atomic mass is 35.5. The summed E-state index contributed by atoms with van der Waals surface area (Å²) in [6.07, 6.45) is 1.38. The van der Waals surface area contributed by atoms with E-state index in [-0.39, 0.29) is 23.3 Å².